The zero-order valence-corrected chi connectivity index (χ0v) is 11.5. The summed E-state index contributed by atoms with van der Waals surface area (Å²) in [6, 6.07) is 12.2. The first-order valence-corrected chi connectivity index (χ1v) is 7.31. The zero-order chi connectivity index (χ0) is 12.9. The van der Waals surface area contributed by atoms with Gasteiger partial charge in [0, 0.05) is 6.42 Å². The molecule has 0 atom stereocenters. The Bertz CT molecular complexity index is 597. The number of rotatable bonds is 6. The van der Waals surface area contributed by atoms with Crippen molar-refractivity contribution in [3.63, 3.8) is 0 Å². The van der Waals surface area contributed by atoms with Crippen LogP contribution in [0.25, 0.3) is 10.2 Å². The van der Waals surface area contributed by atoms with Gasteiger partial charge in [0.15, 0.2) is 0 Å². The standard InChI is InChI=1S/C15H16N2OS/c1-2-7-14-13(6-1)17-15(19-14)8-3-9-16-11-12-5-4-10-18-12/h1-2,4-7,10,16H,3,8-9,11H2. The summed E-state index contributed by atoms with van der Waals surface area (Å²) in [5.74, 6) is 0.986. The number of fused-ring (bicyclic) bond motifs is 1. The van der Waals surface area contributed by atoms with Crippen molar-refractivity contribution >= 4 is 21.6 Å². The van der Waals surface area contributed by atoms with Gasteiger partial charge in [-0.15, -0.1) is 11.3 Å². The summed E-state index contributed by atoms with van der Waals surface area (Å²) in [7, 11) is 0. The number of thiazole rings is 1. The van der Waals surface area contributed by atoms with Crippen molar-refractivity contribution < 1.29 is 4.42 Å². The number of hydrogen-bond acceptors (Lipinski definition) is 4. The molecule has 19 heavy (non-hydrogen) atoms. The zero-order valence-electron chi connectivity index (χ0n) is 10.6. The Hall–Kier alpha value is -1.65. The van der Waals surface area contributed by atoms with Crippen molar-refractivity contribution in [1.29, 1.82) is 0 Å². The fourth-order valence-electron chi connectivity index (χ4n) is 2.02. The average molecular weight is 272 g/mol. The summed E-state index contributed by atoms with van der Waals surface area (Å²) in [5, 5.41) is 4.60. The van der Waals surface area contributed by atoms with E-state index in [9.17, 15) is 0 Å². The molecule has 3 rings (SSSR count). The summed E-state index contributed by atoms with van der Waals surface area (Å²) in [5.41, 5.74) is 1.12. The average Bonchev–Trinajstić information content (AvgIpc) is 3.06. The molecule has 1 N–H and O–H groups in total. The van der Waals surface area contributed by atoms with Gasteiger partial charge in [-0.1, -0.05) is 12.1 Å². The second-order valence-electron chi connectivity index (χ2n) is 4.44. The van der Waals surface area contributed by atoms with E-state index in [4.69, 9.17) is 4.42 Å². The molecule has 0 aliphatic carbocycles. The van der Waals surface area contributed by atoms with Crippen LogP contribution < -0.4 is 5.32 Å². The van der Waals surface area contributed by atoms with E-state index in [2.05, 4.69) is 28.5 Å². The van der Waals surface area contributed by atoms with Gasteiger partial charge in [-0.25, -0.2) is 4.98 Å². The molecule has 3 nitrogen and oxygen atoms in total. The summed E-state index contributed by atoms with van der Waals surface area (Å²) in [6.07, 6.45) is 3.84. The molecule has 0 unspecified atom stereocenters. The summed E-state index contributed by atoms with van der Waals surface area (Å²) < 4.78 is 6.54. The highest BCUT2D eigenvalue weighted by Gasteiger charge is 2.02. The van der Waals surface area contributed by atoms with Crippen LogP contribution in [0.5, 0.6) is 0 Å². The molecular formula is C15H16N2OS. The Balaban J connectivity index is 1.44. The van der Waals surface area contributed by atoms with Crippen LogP contribution in [0.3, 0.4) is 0 Å². The summed E-state index contributed by atoms with van der Waals surface area (Å²) in [4.78, 5) is 4.63. The minimum atomic E-state index is 0.798. The first-order valence-electron chi connectivity index (χ1n) is 6.49. The highest BCUT2D eigenvalue weighted by atomic mass is 32.1. The van der Waals surface area contributed by atoms with E-state index in [0.29, 0.717) is 0 Å². The van der Waals surface area contributed by atoms with Crippen LogP contribution >= 0.6 is 11.3 Å². The summed E-state index contributed by atoms with van der Waals surface area (Å²) >= 11 is 1.80. The second-order valence-corrected chi connectivity index (χ2v) is 5.55. The van der Waals surface area contributed by atoms with Crippen molar-refractivity contribution in [2.24, 2.45) is 0 Å². The van der Waals surface area contributed by atoms with E-state index in [-0.39, 0.29) is 0 Å². The lowest BCUT2D eigenvalue weighted by Gasteiger charge is -2.00. The van der Waals surface area contributed by atoms with Crippen LogP contribution in [0, 0.1) is 0 Å². The number of furan rings is 1. The molecule has 0 amide bonds. The van der Waals surface area contributed by atoms with Crippen molar-refractivity contribution in [1.82, 2.24) is 10.3 Å². The fraction of sp³-hybridized carbons (Fsp3) is 0.267. The predicted molar refractivity (Wildman–Crippen MR) is 78.4 cm³/mol. The Morgan fingerprint density at radius 1 is 1.16 bits per heavy atom. The lowest BCUT2D eigenvalue weighted by Crippen LogP contribution is -2.14. The van der Waals surface area contributed by atoms with Gasteiger partial charge in [-0.05, 0) is 37.2 Å². The van der Waals surface area contributed by atoms with Crippen molar-refractivity contribution in [2.45, 2.75) is 19.4 Å². The second kappa shape index (κ2) is 5.99. The van der Waals surface area contributed by atoms with Gasteiger partial charge >= 0.3 is 0 Å². The van der Waals surface area contributed by atoms with Gasteiger partial charge in [0.2, 0.25) is 0 Å². The van der Waals surface area contributed by atoms with E-state index in [1.165, 1.54) is 9.71 Å². The van der Waals surface area contributed by atoms with E-state index in [1.54, 1.807) is 17.6 Å². The summed E-state index contributed by atoms with van der Waals surface area (Å²) in [6.45, 7) is 1.78. The van der Waals surface area contributed by atoms with Crippen LogP contribution in [0.4, 0.5) is 0 Å². The van der Waals surface area contributed by atoms with Gasteiger partial charge in [0.05, 0.1) is 28.0 Å². The molecule has 0 aliphatic rings. The Labute approximate surface area is 116 Å². The maximum atomic E-state index is 5.27. The van der Waals surface area contributed by atoms with Crippen molar-refractivity contribution in [3.05, 3.63) is 53.4 Å². The number of aryl methyl sites for hydroxylation is 1. The Kier molecular flexibility index (Phi) is 3.91. The predicted octanol–water partition coefficient (Wildman–Crippen LogP) is 3.61. The number of para-hydroxylation sites is 1. The smallest absolute Gasteiger partial charge is 0.117 e. The largest absolute Gasteiger partial charge is 0.468 e. The van der Waals surface area contributed by atoms with Crippen LogP contribution in [0.2, 0.25) is 0 Å². The molecule has 2 heterocycles. The van der Waals surface area contributed by atoms with Crippen LogP contribution in [-0.2, 0) is 13.0 Å². The number of hydrogen-bond donors (Lipinski definition) is 1. The Morgan fingerprint density at radius 3 is 2.95 bits per heavy atom. The van der Waals surface area contributed by atoms with Gasteiger partial charge < -0.3 is 9.73 Å². The molecule has 0 saturated carbocycles. The van der Waals surface area contributed by atoms with Crippen molar-refractivity contribution in [2.75, 3.05) is 6.54 Å². The highest BCUT2D eigenvalue weighted by molar-refractivity contribution is 7.18. The topological polar surface area (TPSA) is 38.1 Å². The van der Waals surface area contributed by atoms with Crippen molar-refractivity contribution in [3.8, 4) is 0 Å². The maximum Gasteiger partial charge on any atom is 0.117 e. The SMILES string of the molecule is c1coc(CNCCCc2nc3ccccc3s2)c1. The van der Waals surface area contributed by atoms with Gasteiger partial charge in [-0.3, -0.25) is 0 Å². The number of benzene rings is 1. The minimum absolute atomic E-state index is 0.798. The van der Waals surface area contributed by atoms with Crippen LogP contribution in [0.1, 0.15) is 17.2 Å². The van der Waals surface area contributed by atoms with Crippen LogP contribution in [-0.4, -0.2) is 11.5 Å². The maximum absolute atomic E-state index is 5.27. The molecule has 0 fully saturated rings. The number of nitrogens with zero attached hydrogens (tertiary/aromatic N) is 1. The third-order valence-electron chi connectivity index (χ3n) is 2.96. The highest BCUT2D eigenvalue weighted by Crippen LogP contribution is 2.22. The molecule has 98 valence electrons. The van der Waals surface area contributed by atoms with Gasteiger partial charge in [0.25, 0.3) is 0 Å². The van der Waals surface area contributed by atoms with E-state index < -0.39 is 0 Å². The van der Waals surface area contributed by atoms with Gasteiger partial charge in [-0.2, -0.15) is 0 Å². The first-order chi connectivity index (χ1) is 9.42. The van der Waals surface area contributed by atoms with Gasteiger partial charge in [0.1, 0.15) is 5.76 Å². The normalized spacial score (nSPS) is 11.2. The van der Waals surface area contributed by atoms with E-state index in [0.717, 1.165) is 37.2 Å². The molecule has 3 aromatic rings. The molecule has 0 spiro atoms. The molecule has 0 saturated heterocycles. The van der Waals surface area contributed by atoms with Crippen LogP contribution in [0.15, 0.2) is 47.1 Å². The minimum Gasteiger partial charge on any atom is -0.468 e. The molecule has 4 heteroatoms. The van der Waals surface area contributed by atoms with E-state index in [1.807, 2.05) is 18.2 Å². The monoisotopic (exact) mass is 272 g/mol. The number of nitrogens with one attached hydrogen (secondary N) is 1. The lowest BCUT2D eigenvalue weighted by atomic mass is 10.3. The number of aromatic nitrogens is 1. The Morgan fingerprint density at radius 2 is 2.11 bits per heavy atom. The quantitative estimate of drug-likeness (QED) is 0.697. The molecule has 0 bridgehead atoms. The molecule has 0 aliphatic heterocycles. The lowest BCUT2D eigenvalue weighted by molar-refractivity contribution is 0.481. The molecule has 0 radical (unpaired) electrons. The molecule has 2 aromatic heterocycles. The van der Waals surface area contributed by atoms with E-state index >= 15 is 0 Å². The first kappa shape index (κ1) is 12.4. The molecular weight excluding hydrogens is 256 g/mol. The molecule has 1 aromatic carbocycles. The third-order valence-corrected chi connectivity index (χ3v) is 4.06. The fourth-order valence-corrected chi connectivity index (χ4v) is 3.03. The third kappa shape index (κ3) is 3.22.